The molecule has 1 rings (SSSR count). The second kappa shape index (κ2) is 10.3. The largest absolute Gasteiger partial charge is 0.394 e. The van der Waals surface area contributed by atoms with Gasteiger partial charge in [0.25, 0.3) is 0 Å². The Balaban J connectivity index is 0.000000441. The zero-order valence-electron chi connectivity index (χ0n) is 12.6. The highest BCUT2D eigenvalue weighted by Gasteiger charge is 2.47. The van der Waals surface area contributed by atoms with Crippen LogP contribution < -0.4 is 0 Å². The molecule has 1 saturated heterocycles. The Kier molecular flexibility index (Phi) is 9.94. The minimum Gasteiger partial charge on any atom is -0.394 e. The molecule has 10 N–H and O–H groups in total. The second-order valence-electron chi connectivity index (χ2n) is 5.13. The molecule has 0 aromatic rings. The van der Waals surface area contributed by atoms with Gasteiger partial charge in [0.1, 0.15) is 43.2 Å². The standard InChI is InChI=1S/2C6H12O6/c7-2-6(11)5(10)4(9)3(8)1-12-6;7-1-3(9)5(11)6(12)4(10)2-8/h3-5,7-11H,1-2H2;3,5-9,11-12H,1-2H2/t3-,4-,5+,6+;3-,5+,6-/m11/s1. The number of aliphatic hydroxyl groups excluding tert-OH is 9. The number of ether oxygens (including phenoxy) is 1. The van der Waals surface area contributed by atoms with E-state index in [0.717, 1.165) is 0 Å². The fraction of sp³-hybridized carbons (Fsp3) is 0.917. The van der Waals surface area contributed by atoms with Gasteiger partial charge in [-0.15, -0.1) is 0 Å². The first-order valence-corrected chi connectivity index (χ1v) is 6.85. The van der Waals surface area contributed by atoms with Crippen LogP contribution in [0.3, 0.4) is 0 Å². The summed E-state index contributed by atoms with van der Waals surface area (Å²) in [5.74, 6) is -3.17. The van der Waals surface area contributed by atoms with Gasteiger partial charge in [-0.2, -0.15) is 0 Å². The molecule has 0 radical (unpaired) electrons. The lowest BCUT2D eigenvalue weighted by Crippen LogP contribution is -2.62. The molecule has 12 nitrogen and oxygen atoms in total. The van der Waals surface area contributed by atoms with E-state index in [2.05, 4.69) is 4.74 Å². The highest BCUT2D eigenvalue weighted by Crippen LogP contribution is 2.22. The Morgan fingerprint density at radius 2 is 1.67 bits per heavy atom. The van der Waals surface area contributed by atoms with E-state index in [1.807, 2.05) is 0 Å². The molecule has 7 atom stereocenters. The predicted octanol–water partition coefficient (Wildman–Crippen LogP) is -6.60. The number of hydrogen-bond acceptors (Lipinski definition) is 12. The van der Waals surface area contributed by atoms with Gasteiger partial charge in [-0.3, -0.25) is 4.79 Å². The number of carbonyl (C=O) groups excluding carboxylic acids is 1. The number of Topliss-reactive ketones (excluding diaryl/α,β-unsaturated/α-hetero) is 1. The van der Waals surface area contributed by atoms with Crippen LogP contribution in [0, 0.1) is 0 Å². The van der Waals surface area contributed by atoms with E-state index in [1.54, 1.807) is 0 Å². The van der Waals surface area contributed by atoms with Crippen LogP contribution in [0.15, 0.2) is 0 Å². The Morgan fingerprint density at radius 3 is 2.08 bits per heavy atom. The van der Waals surface area contributed by atoms with Gasteiger partial charge in [0.05, 0.1) is 19.8 Å². The van der Waals surface area contributed by atoms with Crippen LogP contribution >= 0.6 is 0 Å². The van der Waals surface area contributed by atoms with Gasteiger partial charge in [0.15, 0.2) is 5.78 Å². The molecule has 0 aliphatic carbocycles. The summed E-state index contributed by atoms with van der Waals surface area (Å²) in [5.41, 5.74) is 0. The highest BCUT2D eigenvalue weighted by molar-refractivity contribution is 5.84. The molecule has 0 saturated carbocycles. The molecule has 0 spiro atoms. The third-order valence-corrected chi connectivity index (χ3v) is 3.30. The van der Waals surface area contributed by atoms with E-state index in [4.69, 9.17) is 46.0 Å². The third-order valence-electron chi connectivity index (χ3n) is 3.30. The summed E-state index contributed by atoms with van der Waals surface area (Å²) >= 11 is 0. The number of rotatable bonds is 6. The van der Waals surface area contributed by atoms with Crippen LogP contribution in [0.4, 0.5) is 0 Å². The average molecular weight is 360 g/mol. The molecule has 1 fully saturated rings. The van der Waals surface area contributed by atoms with Crippen molar-refractivity contribution in [2.75, 3.05) is 26.4 Å². The number of hydrogen-bond donors (Lipinski definition) is 10. The van der Waals surface area contributed by atoms with Crippen LogP contribution in [-0.2, 0) is 9.53 Å². The Morgan fingerprint density at radius 1 is 1.12 bits per heavy atom. The highest BCUT2D eigenvalue weighted by atomic mass is 16.7. The molecule has 0 aromatic carbocycles. The van der Waals surface area contributed by atoms with E-state index in [1.165, 1.54) is 0 Å². The zero-order chi connectivity index (χ0) is 19.1. The minimum atomic E-state index is -2.17. The van der Waals surface area contributed by atoms with Gasteiger partial charge in [0, 0.05) is 0 Å². The molecule has 24 heavy (non-hydrogen) atoms. The van der Waals surface area contributed by atoms with Crippen molar-refractivity contribution in [2.45, 2.75) is 42.4 Å². The van der Waals surface area contributed by atoms with E-state index in [0.29, 0.717) is 0 Å². The summed E-state index contributed by atoms with van der Waals surface area (Å²) in [5, 5.41) is 88.0. The van der Waals surface area contributed by atoms with E-state index < -0.39 is 68.0 Å². The van der Waals surface area contributed by atoms with Crippen molar-refractivity contribution in [3.63, 3.8) is 0 Å². The SMILES string of the molecule is O=C(CO)[C@@H](O)[C@@H](O)[C@H](O)CO.OC[C@]1(O)OC[C@@H](O)[C@@H](O)[C@@H]1O. The van der Waals surface area contributed by atoms with Crippen molar-refractivity contribution < 1.29 is 60.6 Å². The Bertz CT molecular complexity index is 379. The summed E-state index contributed by atoms with van der Waals surface area (Å²) in [6, 6.07) is 0. The second-order valence-corrected chi connectivity index (χ2v) is 5.13. The maximum absolute atomic E-state index is 10.5. The van der Waals surface area contributed by atoms with Crippen molar-refractivity contribution in [1.29, 1.82) is 0 Å². The molecule has 144 valence electrons. The average Bonchev–Trinajstić information content (AvgIpc) is 2.61. The van der Waals surface area contributed by atoms with Crippen molar-refractivity contribution in [2.24, 2.45) is 0 Å². The summed E-state index contributed by atoms with van der Waals surface area (Å²) in [6.07, 6.45) is -9.67. The van der Waals surface area contributed by atoms with E-state index in [9.17, 15) is 9.90 Å². The summed E-state index contributed by atoms with van der Waals surface area (Å²) in [7, 11) is 0. The molecule has 0 aromatic heterocycles. The third kappa shape index (κ3) is 5.94. The fourth-order valence-electron chi connectivity index (χ4n) is 1.63. The van der Waals surface area contributed by atoms with Gasteiger partial charge in [0.2, 0.25) is 5.79 Å². The molecule has 0 bridgehead atoms. The molecule has 1 aliphatic heterocycles. The number of ketones is 1. The smallest absolute Gasteiger partial charge is 0.218 e. The molecule has 1 heterocycles. The van der Waals surface area contributed by atoms with Gasteiger partial charge < -0.3 is 55.8 Å². The quantitative estimate of drug-likeness (QED) is 0.213. The Hall–Kier alpha value is -0.770. The first-order valence-electron chi connectivity index (χ1n) is 6.85. The summed E-state index contributed by atoms with van der Waals surface area (Å²) in [4.78, 5) is 10.5. The topological polar surface area (TPSA) is 229 Å². The van der Waals surface area contributed by atoms with Crippen molar-refractivity contribution in [3.05, 3.63) is 0 Å². The zero-order valence-corrected chi connectivity index (χ0v) is 12.6. The molecule has 0 unspecified atom stereocenters. The number of aliphatic hydroxyl groups is 10. The first kappa shape index (κ1) is 23.2. The van der Waals surface area contributed by atoms with E-state index in [-0.39, 0.29) is 6.61 Å². The van der Waals surface area contributed by atoms with Crippen molar-refractivity contribution in [1.82, 2.24) is 0 Å². The fourth-order valence-corrected chi connectivity index (χ4v) is 1.63. The van der Waals surface area contributed by atoms with Gasteiger partial charge in [-0.05, 0) is 0 Å². The van der Waals surface area contributed by atoms with Crippen LogP contribution in [0.25, 0.3) is 0 Å². The van der Waals surface area contributed by atoms with Crippen molar-refractivity contribution >= 4 is 5.78 Å². The van der Waals surface area contributed by atoms with Crippen LogP contribution in [-0.4, -0.2) is 126 Å². The maximum atomic E-state index is 10.5. The summed E-state index contributed by atoms with van der Waals surface area (Å²) in [6.45, 7) is -2.85. The molecule has 0 amide bonds. The van der Waals surface area contributed by atoms with Crippen LogP contribution in [0.1, 0.15) is 0 Å². The summed E-state index contributed by atoms with van der Waals surface area (Å²) < 4.78 is 4.56. The molecular formula is C12H24O12. The normalized spacial score (nSPS) is 33.8. The lowest BCUT2D eigenvalue weighted by atomic mass is 9.98. The molecule has 12 heteroatoms. The van der Waals surface area contributed by atoms with Crippen LogP contribution in [0.5, 0.6) is 0 Å². The lowest BCUT2D eigenvalue weighted by molar-refractivity contribution is -0.331. The van der Waals surface area contributed by atoms with Gasteiger partial charge in [-0.1, -0.05) is 0 Å². The monoisotopic (exact) mass is 360 g/mol. The van der Waals surface area contributed by atoms with Gasteiger partial charge >= 0.3 is 0 Å². The lowest BCUT2D eigenvalue weighted by Gasteiger charge is -2.40. The van der Waals surface area contributed by atoms with Gasteiger partial charge in [-0.25, -0.2) is 0 Å². The van der Waals surface area contributed by atoms with E-state index >= 15 is 0 Å². The first-order chi connectivity index (χ1) is 11.0. The predicted molar refractivity (Wildman–Crippen MR) is 73.2 cm³/mol. The molecular weight excluding hydrogens is 336 g/mol. The van der Waals surface area contributed by atoms with Crippen molar-refractivity contribution in [3.8, 4) is 0 Å². The Labute approximate surface area is 136 Å². The van der Waals surface area contributed by atoms with Crippen LogP contribution in [0.2, 0.25) is 0 Å². The minimum absolute atomic E-state index is 0.324. The number of carbonyl (C=O) groups is 1. The maximum Gasteiger partial charge on any atom is 0.218 e. The molecule has 1 aliphatic rings.